The van der Waals surface area contributed by atoms with E-state index >= 15 is 0 Å². The van der Waals surface area contributed by atoms with Crippen molar-refractivity contribution in [2.75, 3.05) is 13.1 Å². The van der Waals surface area contributed by atoms with Gasteiger partial charge in [0, 0.05) is 18.0 Å². The first-order valence-corrected chi connectivity index (χ1v) is 6.06. The lowest BCUT2D eigenvalue weighted by Crippen LogP contribution is -2.46. The first kappa shape index (κ1) is 11.5. The normalized spacial score (nSPS) is 17.1. The summed E-state index contributed by atoms with van der Waals surface area (Å²) < 4.78 is 2.09. The summed E-state index contributed by atoms with van der Waals surface area (Å²) in [6.07, 6.45) is 0. The van der Waals surface area contributed by atoms with Crippen LogP contribution in [-0.2, 0) is 4.79 Å². The third kappa shape index (κ3) is 2.57. The van der Waals surface area contributed by atoms with Gasteiger partial charge in [-0.25, -0.2) is 4.31 Å². The molecule has 1 aliphatic heterocycles. The Morgan fingerprint density at radius 1 is 1.31 bits per heavy atom. The number of aryl methyl sites for hydroxylation is 2. The number of carboxylic acids is 1. The highest BCUT2D eigenvalue weighted by Gasteiger charge is 2.33. The van der Waals surface area contributed by atoms with Crippen molar-refractivity contribution in [2.45, 2.75) is 18.7 Å². The van der Waals surface area contributed by atoms with E-state index in [2.05, 4.69) is 36.4 Å². The maximum absolute atomic E-state index is 10.7. The Hall–Kier alpha value is -1.00. The van der Waals surface area contributed by atoms with Crippen molar-refractivity contribution in [1.29, 1.82) is 0 Å². The van der Waals surface area contributed by atoms with E-state index in [1.165, 1.54) is 16.0 Å². The van der Waals surface area contributed by atoms with Crippen LogP contribution in [0.15, 0.2) is 23.1 Å². The number of hydrogen-bond donors (Lipinski definition) is 1. The lowest BCUT2D eigenvalue weighted by Gasteiger charge is -2.35. The molecule has 0 saturated carbocycles. The van der Waals surface area contributed by atoms with Crippen LogP contribution in [0.1, 0.15) is 11.1 Å². The van der Waals surface area contributed by atoms with Gasteiger partial charge in [-0.15, -0.1) is 0 Å². The number of rotatable bonds is 3. The van der Waals surface area contributed by atoms with Crippen LogP contribution in [0.25, 0.3) is 0 Å². The van der Waals surface area contributed by atoms with Crippen LogP contribution in [0.2, 0.25) is 0 Å². The Balaban J connectivity index is 1.94. The lowest BCUT2D eigenvalue weighted by molar-refractivity contribution is -0.145. The summed E-state index contributed by atoms with van der Waals surface area (Å²) in [5.41, 5.74) is 2.50. The molecular formula is C12H15NO2S. The summed E-state index contributed by atoms with van der Waals surface area (Å²) in [7, 11) is 0. The van der Waals surface area contributed by atoms with E-state index in [9.17, 15) is 4.79 Å². The molecule has 1 heterocycles. The van der Waals surface area contributed by atoms with E-state index in [0.29, 0.717) is 13.1 Å². The SMILES string of the molecule is Cc1cc(C)cc(SN2CC(C(=O)O)C2)c1. The summed E-state index contributed by atoms with van der Waals surface area (Å²) in [6, 6.07) is 6.40. The van der Waals surface area contributed by atoms with Crippen LogP contribution in [0.4, 0.5) is 0 Å². The predicted octanol–water partition coefficient (Wildman–Crippen LogP) is 2.33. The minimum Gasteiger partial charge on any atom is -0.481 e. The highest BCUT2D eigenvalue weighted by molar-refractivity contribution is 7.97. The smallest absolute Gasteiger partial charge is 0.309 e. The Kier molecular flexibility index (Phi) is 3.21. The van der Waals surface area contributed by atoms with Gasteiger partial charge in [0.05, 0.1) is 5.92 Å². The molecule has 1 N–H and O–H groups in total. The number of benzene rings is 1. The van der Waals surface area contributed by atoms with Gasteiger partial charge in [0.2, 0.25) is 0 Å². The van der Waals surface area contributed by atoms with E-state index in [4.69, 9.17) is 5.11 Å². The summed E-state index contributed by atoms with van der Waals surface area (Å²) in [5.74, 6) is -0.865. The quantitative estimate of drug-likeness (QED) is 0.819. The third-order valence-electron chi connectivity index (χ3n) is 2.63. The average molecular weight is 237 g/mol. The van der Waals surface area contributed by atoms with Crippen molar-refractivity contribution in [1.82, 2.24) is 4.31 Å². The molecule has 0 aromatic heterocycles. The Bertz CT molecular complexity index is 393. The molecule has 1 aliphatic rings. The molecule has 0 unspecified atom stereocenters. The molecule has 1 aromatic rings. The molecule has 1 aromatic carbocycles. The van der Waals surface area contributed by atoms with Crippen molar-refractivity contribution in [3.63, 3.8) is 0 Å². The third-order valence-corrected chi connectivity index (χ3v) is 3.63. The van der Waals surface area contributed by atoms with Crippen molar-refractivity contribution in [3.8, 4) is 0 Å². The van der Waals surface area contributed by atoms with Crippen molar-refractivity contribution >= 4 is 17.9 Å². The van der Waals surface area contributed by atoms with Gasteiger partial charge in [-0.2, -0.15) is 0 Å². The molecule has 3 nitrogen and oxygen atoms in total. The standard InChI is InChI=1S/C12H15NO2S/c1-8-3-9(2)5-11(4-8)16-13-6-10(7-13)12(14)15/h3-5,10H,6-7H2,1-2H3,(H,14,15). The Labute approximate surface area is 99.6 Å². The minimum absolute atomic E-state index is 0.182. The molecule has 4 heteroatoms. The van der Waals surface area contributed by atoms with Gasteiger partial charge in [-0.3, -0.25) is 4.79 Å². The zero-order valence-corrected chi connectivity index (χ0v) is 10.3. The second-order valence-corrected chi connectivity index (χ2v) is 5.47. The summed E-state index contributed by atoms with van der Waals surface area (Å²) >= 11 is 1.65. The van der Waals surface area contributed by atoms with Crippen LogP contribution in [-0.4, -0.2) is 28.5 Å². The molecule has 0 bridgehead atoms. The maximum atomic E-state index is 10.7. The number of carbonyl (C=O) groups is 1. The number of aliphatic carboxylic acids is 1. The molecule has 0 spiro atoms. The molecule has 0 aliphatic carbocycles. The van der Waals surface area contributed by atoms with Crippen LogP contribution >= 0.6 is 11.9 Å². The van der Waals surface area contributed by atoms with Gasteiger partial charge in [0.1, 0.15) is 0 Å². The summed E-state index contributed by atoms with van der Waals surface area (Å²) in [5, 5.41) is 8.77. The van der Waals surface area contributed by atoms with E-state index in [1.54, 1.807) is 11.9 Å². The van der Waals surface area contributed by atoms with Gasteiger partial charge in [-0.1, -0.05) is 6.07 Å². The zero-order chi connectivity index (χ0) is 11.7. The first-order valence-electron chi connectivity index (χ1n) is 5.28. The number of hydrogen-bond acceptors (Lipinski definition) is 3. The summed E-state index contributed by atoms with van der Waals surface area (Å²) in [4.78, 5) is 11.8. The topological polar surface area (TPSA) is 40.5 Å². The molecular weight excluding hydrogens is 222 g/mol. The largest absolute Gasteiger partial charge is 0.481 e. The lowest BCUT2D eigenvalue weighted by atomic mass is 10.0. The van der Waals surface area contributed by atoms with E-state index in [0.717, 1.165) is 0 Å². The molecule has 0 amide bonds. The van der Waals surface area contributed by atoms with Gasteiger partial charge < -0.3 is 5.11 Å². The second-order valence-electron chi connectivity index (χ2n) is 4.30. The van der Waals surface area contributed by atoms with Crippen molar-refractivity contribution < 1.29 is 9.90 Å². The van der Waals surface area contributed by atoms with Crippen molar-refractivity contribution in [3.05, 3.63) is 29.3 Å². The monoisotopic (exact) mass is 237 g/mol. The zero-order valence-electron chi connectivity index (χ0n) is 9.43. The van der Waals surface area contributed by atoms with Crippen molar-refractivity contribution in [2.24, 2.45) is 5.92 Å². The van der Waals surface area contributed by atoms with Gasteiger partial charge in [0.25, 0.3) is 0 Å². The molecule has 86 valence electrons. The highest BCUT2D eigenvalue weighted by Crippen LogP contribution is 2.31. The van der Waals surface area contributed by atoms with Gasteiger partial charge >= 0.3 is 5.97 Å². The molecule has 1 fully saturated rings. The second kappa shape index (κ2) is 4.47. The van der Waals surface area contributed by atoms with Gasteiger partial charge in [-0.05, 0) is 49.1 Å². The average Bonchev–Trinajstić information content (AvgIpc) is 2.08. The summed E-state index contributed by atoms with van der Waals surface area (Å²) in [6.45, 7) is 5.44. The van der Waals surface area contributed by atoms with Gasteiger partial charge in [0.15, 0.2) is 0 Å². The Morgan fingerprint density at radius 3 is 2.38 bits per heavy atom. The number of nitrogens with zero attached hydrogens (tertiary/aromatic N) is 1. The molecule has 0 radical (unpaired) electrons. The van der Waals surface area contributed by atoms with Crippen LogP contribution < -0.4 is 0 Å². The Morgan fingerprint density at radius 2 is 1.88 bits per heavy atom. The molecule has 0 atom stereocenters. The fourth-order valence-corrected chi connectivity index (χ4v) is 3.09. The highest BCUT2D eigenvalue weighted by atomic mass is 32.2. The first-order chi connectivity index (χ1) is 7.54. The van der Waals surface area contributed by atoms with E-state index in [1.807, 2.05) is 0 Å². The van der Waals surface area contributed by atoms with Crippen LogP contribution in [0.3, 0.4) is 0 Å². The molecule has 2 rings (SSSR count). The molecule has 1 saturated heterocycles. The van der Waals surface area contributed by atoms with E-state index in [-0.39, 0.29) is 5.92 Å². The minimum atomic E-state index is -0.683. The predicted molar refractivity (Wildman–Crippen MR) is 64.5 cm³/mol. The van der Waals surface area contributed by atoms with Crippen LogP contribution in [0, 0.1) is 19.8 Å². The fraction of sp³-hybridized carbons (Fsp3) is 0.417. The fourth-order valence-electron chi connectivity index (χ4n) is 1.80. The number of carboxylic acid groups (broad SMARTS) is 1. The maximum Gasteiger partial charge on any atom is 0.309 e. The molecule has 16 heavy (non-hydrogen) atoms. The van der Waals surface area contributed by atoms with Crippen LogP contribution in [0.5, 0.6) is 0 Å². The van der Waals surface area contributed by atoms with E-state index < -0.39 is 5.97 Å².